The van der Waals surface area contributed by atoms with Gasteiger partial charge in [-0.1, -0.05) is 32.0 Å². The van der Waals surface area contributed by atoms with Gasteiger partial charge in [-0.05, 0) is 37.0 Å². The highest BCUT2D eigenvalue weighted by atomic mass is 16.5. The molecule has 0 spiro atoms. The first-order chi connectivity index (χ1) is 9.54. The fraction of sp³-hybridized carbons (Fsp3) is 0.375. The molecule has 2 N–H and O–H groups in total. The number of aromatic nitrogens is 2. The fourth-order valence-electron chi connectivity index (χ4n) is 2.11. The van der Waals surface area contributed by atoms with Gasteiger partial charge in [0.15, 0.2) is 0 Å². The van der Waals surface area contributed by atoms with Crippen molar-refractivity contribution in [3.05, 3.63) is 46.6 Å². The lowest BCUT2D eigenvalue weighted by Gasteiger charge is -2.15. The van der Waals surface area contributed by atoms with E-state index >= 15 is 0 Å². The van der Waals surface area contributed by atoms with E-state index in [0.717, 1.165) is 28.1 Å². The largest absolute Gasteiger partial charge is 0.437 e. The lowest BCUT2D eigenvalue weighted by molar-refractivity contribution is 0.439. The van der Waals surface area contributed by atoms with Gasteiger partial charge >= 0.3 is 0 Å². The van der Waals surface area contributed by atoms with E-state index < -0.39 is 0 Å². The highest BCUT2D eigenvalue weighted by molar-refractivity contribution is 5.42. The Labute approximate surface area is 120 Å². The zero-order valence-corrected chi connectivity index (χ0v) is 12.5. The Morgan fingerprint density at radius 2 is 1.85 bits per heavy atom. The number of ether oxygens (including phenoxy) is 1. The van der Waals surface area contributed by atoms with E-state index in [1.807, 2.05) is 32.0 Å². The van der Waals surface area contributed by atoms with Crippen molar-refractivity contribution >= 4 is 0 Å². The summed E-state index contributed by atoms with van der Waals surface area (Å²) in [6, 6.07) is 7.99. The van der Waals surface area contributed by atoms with Crippen molar-refractivity contribution in [1.82, 2.24) is 10.2 Å². The predicted molar refractivity (Wildman–Crippen MR) is 80.0 cm³/mol. The predicted octanol–water partition coefficient (Wildman–Crippen LogP) is 3.47. The van der Waals surface area contributed by atoms with E-state index in [9.17, 15) is 0 Å². The molecular formula is C16H21N3O. The van der Waals surface area contributed by atoms with Crippen molar-refractivity contribution < 1.29 is 4.74 Å². The number of para-hydroxylation sites is 1. The first-order valence-electron chi connectivity index (χ1n) is 6.84. The summed E-state index contributed by atoms with van der Waals surface area (Å²) in [6.45, 7) is 8.58. The van der Waals surface area contributed by atoms with Crippen molar-refractivity contribution in [1.29, 1.82) is 0 Å². The minimum atomic E-state index is 0.382. The van der Waals surface area contributed by atoms with E-state index in [1.54, 1.807) is 0 Å². The molecule has 20 heavy (non-hydrogen) atoms. The molecule has 2 aromatic rings. The maximum atomic E-state index is 5.98. The Morgan fingerprint density at radius 3 is 2.50 bits per heavy atom. The van der Waals surface area contributed by atoms with Crippen LogP contribution in [0.3, 0.4) is 0 Å². The monoisotopic (exact) mass is 271 g/mol. The first-order valence-corrected chi connectivity index (χ1v) is 6.84. The molecule has 0 unspecified atom stereocenters. The van der Waals surface area contributed by atoms with Gasteiger partial charge in [-0.3, -0.25) is 0 Å². The van der Waals surface area contributed by atoms with Crippen LogP contribution in [0.15, 0.2) is 24.3 Å². The number of nitrogens with two attached hydrogens (primary N) is 1. The van der Waals surface area contributed by atoms with Gasteiger partial charge in [-0.2, -0.15) is 5.10 Å². The molecule has 106 valence electrons. The van der Waals surface area contributed by atoms with Crippen LogP contribution in [0.2, 0.25) is 0 Å². The Hall–Kier alpha value is -1.94. The Bertz CT molecular complexity index is 609. The molecule has 4 heteroatoms. The van der Waals surface area contributed by atoms with E-state index in [-0.39, 0.29) is 0 Å². The van der Waals surface area contributed by atoms with Crippen LogP contribution >= 0.6 is 0 Å². The van der Waals surface area contributed by atoms with Crippen LogP contribution in [0.5, 0.6) is 11.6 Å². The number of nitrogens with zero attached hydrogens (tertiary/aromatic N) is 2. The van der Waals surface area contributed by atoms with Crippen molar-refractivity contribution in [2.24, 2.45) is 5.73 Å². The molecule has 0 saturated carbocycles. The van der Waals surface area contributed by atoms with Crippen molar-refractivity contribution in [2.45, 2.75) is 40.2 Å². The van der Waals surface area contributed by atoms with Gasteiger partial charge in [0.1, 0.15) is 5.75 Å². The molecule has 2 rings (SSSR count). The van der Waals surface area contributed by atoms with Gasteiger partial charge in [-0.25, -0.2) is 0 Å². The minimum absolute atomic E-state index is 0.382. The molecule has 0 aliphatic heterocycles. The van der Waals surface area contributed by atoms with Gasteiger partial charge in [-0.15, -0.1) is 5.10 Å². The summed E-state index contributed by atoms with van der Waals surface area (Å²) < 4.78 is 5.98. The van der Waals surface area contributed by atoms with Crippen molar-refractivity contribution in [3.63, 3.8) is 0 Å². The van der Waals surface area contributed by atoms with Gasteiger partial charge in [0, 0.05) is 12.1 Å². The van der Waals surface area contributed by atoms with Gasteiger partial charge in [0.05, 0.1) is 5.69 Å². The summed E-state index contributed by atoms with van der Waals surface area (Å²) >= 11 is 0. The van der Waals surface area contributed by atoms with Gasteiger partial charge in [0.2, 0.25) is 5.88 Å². The molecule has 0 saturated heterocycles. The summed E-state index contributed by atoms with van der Waals surface area (Å²) in [5.74, 6) is 1.70. The van der Waals surface area contributed by atoms with Crippen LogP contribution in [0, 0.1) is 13.8 Å². The summed E-state index contributed by atoms with van der Waals surface area (Å²) in [4.78, 5) is 0. The summed E-state index contributed by atoms with van der Waals surface area (Å²) in [5.41, 5.74) is 9.81. The highest BCUT2D eigenvalue weighted by Crippen LogP contribution is 2.31. The number of hydrogen-bond acceptors (Lipinski definition) is 4. The number of aryl methyl sites for hydroxylation is 1. The van der Waals surface area contributed by atoms with E-state index in [2.05, 4.69) is 30.1 Å². The fourth-order valence-corrected chi connectivity index (χ4v) is 2.11. The van der Waals surface area contributed by atoms with Crippen molar-refractivity contribution in [3.8, 4) is 11.6 Å². The summed E-state index contributed by atoms with van der Waals surface area (Å²) in [7, 11) is 0. The Kier molecular flexibility index (Phi) is 4.35. The van der Waals surface area contributed by atoms with Crippen molar-refractivity contribution in [2.75, 3.05) is 0 Å². The Balaban J connectivity index is 2.43. The third kappa shape index (κ3) is 2.80. The van der Waals surface area contributed by atoms with Crippen LogP contribution in [0.4, 0.5) is 0 Å². The normalized spacial score (nSPS) is 10.9. The average molecular weight is 271 g/mol. The standard InChI is InChI=1S/C16H21N3O/c1-10(2)13-7-5-6-8-15(13)20-16-14(9-17)11(3)12(4)18-19-16/h5-8,10H,9,17H2,1-4H3. The molecule has 1 aromatic carbocycles. The number of rotatable bonds is 4. The van der Waals surface area contributed by atoms with E-state index in [0.29, 0.717) is 18.3 Å². The molecule has 0 aliphatic rings. The molecule has 0 radical (unpaired) electrons. The first kappa shape index (κ1) is 14.5. The number of hydrogen-bond donors (Lipinski definition) is 1. The smallest absolute Gasteiger partial charge is 0.243 e. The number of benzene rings is 1. The third-order valence-electron chi connectivity index (χ3n) is 3.50. The average Bonchev–Trinajstić information content (AvgIpc) is 2.43. The zero-order chi connectivity index (χ0) is 14.7. The quantitative estimate of drug-likeness (QED) is 0.925. The summed E-state index contributed by atoms with van der Waals surface area (Å²) in [5, 5.41) is 8.28. The summed E-state index contributed by atoms with van der Waals surface area (Å²) in [6.07, 6.45) is 0. The van der Waals surface area contributed by atoms with Crippen LogP contribution in [-0.4, -0.2) is 10.2 Å². The maximum absolute atomic E-state index is 5.98. The molecule has 0 aliphatic carbocycles. The van der Waals surface area contributed by atoms with Gasteiger partial charge in [0.25, 0.3) is 0 Å². The lowest BCUT2D eigenvalue weighted by Crippen LogP contribution is -2.08. The lowest BCUT2D eigenvalue weighted by atomic mass is 10.0. The second kappa shape index (κ2) is 6.01. The molecule has 1 heterocycles. The van der Waals surface area contributed by atoms with Crippen LogP contribution in [-0.2, 0) is 6.54 Å². The second-order valence-electron chi connectivity index (χ2n) is 5.19. The molecular weight excluding hydrogens is 250 g/mol. The highest BCUT2D eigenvalue weighted by Gasteiger charge is 2.14. The third-order valence-corrected chi connectivity index (χ3v) is 3.50. The second-order valence-corrected chi connectivity index (χ2v) is 5.19. The topological polar surface area (TPSA) is 61.0 Å². The van der Waals surface area contributed by atoms with E-state index in [1.165, 1.54) is 0 Å². The van der Waals surface area contributed by atoms with Crippen LogP contribution in [0.25, 0.3) is 0 Å². The molecule has 0 amide bonds. The van der Waals surface area contributed by atoms with Gasteiger partial charge < -0.3 is 10.5 Å². The van der Waals surface area contributed by atoms with E-state index in [4.69, 9.17) is 10.5 Å². The molecule has 0 fully saturated rings. The zero-order valence-electron chi connectivity index (χ0n) is 12.5. The molecule has 0 bridgehead atoms. The van der Waals surface area contributed by atoms with Crippen LogP contribution < -0.4 is 10.5 Å². The molecule has 4 nitrogen and oxygen atoms in total. The SMILES string of the molecule is Cc1nnc(Oc2ccccc2C(C)C)c(CN)c1C. The maximum Gasteiger partial charge on any atom is 0.243 e. The van der Waals surface area contributed by atoms with Crippen LogP contribution in [0.1, 0.15) is 42.1 Å². The molecule has 1 aromatic heterocycles. The minimum Gasteiger partial charge on any atom is -0.437 e. The Morgan fingerprint density at radius 1 is 1.15 bits per heavy atom. The molecule has 0 atom stereocenters.